The maximum Gasteiger partial charge on any atom is 0.277 e. The molecular formula is C27H26FN3O5S. The Morgan fingerprint density at radius 1 is 1.03 bits per heavy atom. The summed E-state index contributed by atoms with van der Waals surface area (Å²) < 4.78 is 47.5. The second kappa shape index (κ2) is 11.0. The first-order chi connectivity index (χ1) is 17.8. The van der Waals surface area contributed by atoms with E-state index in [2.05, 4.69) is 9.97 Å². The third-order valence-corrected chi connectivity index (χ3v) is 7.71. The molecule has 0 radical (unpaired) electrons. The predicted molar refractivity (Wildman–Crippen MR) is 135 cm³/mol. The normalized spacial score (nSPS) is 12.4. The van der Waals surface area contributed by atoms with E-state index in [0.717, 1.165) is 11.8 Å². The molecule has 0 aliphatic rings. The lowest BCUT2D eigenvalue weighted by Gasteiger charge is -2.23. The third kappa shape index (κ3) is 5.30. The van der Waals surface area contributed by atoms with Crippen molar-refractivity contribution in [3.05, 3.63) is 101 Å². The van der Waals surface area contributed by atoms with Crippen molar-refractivity contribution in [2.45, 2.75) is 42.7 Å². The number of pyridine rings is 1. The number of aromatic nitrogens is 3. The molecule has 4 rings (SSSR count). The van der Waals surface area contributed by atoms with Crippen LogP contribution < -0.4 is 5.56 Å². The molecule has 0 amide bonds. The van der Waals surface area contributed by atoms with E-state index in [1.54, 1.807) is 6.92 Å². The van der Waals surface area contributed by atoms with Crippen LogP contribution in [0.15, 0.2) is 87.6 Å². The summed E-state index contributed by atoms with van der Waals surface area (Å²) in [6.45, 7) is 3.90. The fourth-order valence-corrected chi connectivity index (χ4v) is 5.50. The van der Waals surface area contributed by atoms with Crippen LogP contribution in [0, 0.1) is 5.82 Å². The van der Waals surface area contributed by atoms with Crippen LogP contribution in [0.25, 0.3) is 11.1 Å². The number of ether oxygens (including phenoxy) is 1. The molecule has 1 N–H and O–H groups in total. The molecule has 8 nitrogen and oxygen atoms in total. The first-order valence-corrected chi connectivity index (χ1v) is 13.2. The van der Waals surface area contributed by atoms with Crippen LogP contribution in [0.3, 0.4) is 0 Å². The molecule has 4 aromatic rings. The number of benzene rings is 2. The van der Waals surface area contributed by atoms with Gasteiger partial charge in [0.05, 0.1) is 17.1 Å². The van der Waals surface area contributed by atoms with E-state index >= 15 is 0 Å². The summed E-state index contributed by atoms with van der Waals surface area (Å²) >= 11 is 0. The predicted octanol–water partition coefficient (Wildman–Crippen LogP) is 4.52. The molecule has 192 valence electrons. The van der Waals surface area contributed by atoms with Gasteiger partial charge < -0.3 is 9.84 Å². The fraction of sp³-hybridized carbons (Fsp3) is 0.222. The third-order valence-electron chi connectivity index (χ3n) is 5.92. The van der Waals surface area contributed by atoms with E-state index < -0.39 is 38.0 Å². The van der Waals surface area contributed by atoms with Crippen molar-refractivity contribution in [3.8, 4) is 17.0 Å². The largest absolute Gasteiger partial charge is 0.492 e. The van der Waals surface area contributed by atoms with Crippen LogP contribution in [0.4, 0.5) is 4.39 Å². The summed E-state index contributed by atoms with van der Waals surface area (Å²) in [4.78, 5) is 20.6. The van der Waals surface area contributed by atoms with Gasteiger partial charge in [0.25, 0.3) is 5.56 Å². The highest BCUT2D eigenvalue weighted by Crippen LogP contribution is 2.29. The summed E-state index contributed by atoms with van der Waals surface area (Å²) in [5, 5.41) is 10.7. The first-order valence-electron chi connectivity index (χ1n) is 11.7. The van der Waals surface area contributed by atoms with Crippen LogP contribution in [0.5, 0.6) is 5.88 Å². The molecule has 0 saturated carbocycles. The average molecular weight is 524 g/mol. The minimum Gasteiger partial charge on any atom is -0.492 e. The van der Waals surface area contributed by atoms with Gasteiger partial charge in [-0.2, -0.15) is 4.98 Å². The standard InChI is InChI=1S/C27H26FN3O5S/c1-3-23(19-8-6-5-7-9-19)31-24(17-36-4-2)30-26(32)25(27(31)33)37(34,35)22-12-10-18(11-13-22)20-14-21(28)16-29-15-20/h5-16,23,32H,3-4,17H2,1-2H3/t23-/m0/s1. The topological polar surface area (TPSA) is 111 Å². The van der Waals surface area contributed by atoms with E-state index in [-0.39, 0.29) is 17.3 Å². The minimum atomic E-state index is -4.47. The van der Waals surface area contributed by atoms with Gasteiger partial charge in [0.2, 0.25) is 15.7 Å². The quantitative estimate of drug-likeness (QED) is 0.343. The molecule has 0 bridgehead atoms. The van der Waals surface area contributed by atoms with Crippen molar-refractivity contribution >= 4 is 9.84 Å². The number of hydrogen-bond donors (Lipinski definition) is 1. The Kier molecular flexibility index (Phi) is 7.80. The van der Waals surface area contributed by atoms with Crippen molar-refractivity contribution in [3.63, 3.8) is 0 Å². The molecule has 0 fully saturated rings. The van der Waals surface area contributed by atoms with E-state index in [1.807, 2.05) is 37.3 Å². The monoisotopic (exact) mass is 523 g/mol. The molecule has 0 aliphatic heterocycles. The maximum atomic E-state index is 13.8. The molecule has 0 spiro atoms. The highest BCUT2D eigenvalue weighted by atomic mass is 32.2. The SMILES string of the molecule is CCOCc1nc(O)c(S(=O)(=O)c2ccc(-c3cncc(F)c3)cc2)c(=O)n1[C@@H](CC)c1ccccc1. The van der Waals surface area contributed by atoms with Crippen molar-refractivity contribution < 1.29 is 22.7 Å². The molecule has 2 heterocycles. The number of sulfone groups is 1. The van der Waals surface area contributed by atoms with Crippen molar-refractivity contribution in [1.82, 2.24) is 14.5 Å². The van der Waals surface area contributed by atoms with Crippen LogP contribution in [-0.4, -0.2) is 34.7 Å². The summed E-state index contributed by atoms with van der Waals surface area (Å²) in [5.74, 6) is -1.30. The lowest BCUT2D eigenvalue weighted by molar-refractivity contribution is 0.122. The smallest absolute Gasteiger partial charge is 0.277 e. The Balaban J connectivity index is 1.85. The Hall–Kier alpha value is -3.89. The van der Waals surface area contributed by atoms with Gasteiger partial charge in [0.15, 0.2) is 4.90 Å². The second-order valence-corrected chi connectivity index (χ2v) is 10.1. The number of halogens is 1. The zero-order valence-corrected chi connectivity index (χ0v) is 21.2. The minimum absolute atomic E-state index is 0.0840. The van der Waals surface area contributed by atoms with Crippen LogP contribution in [0.2, 0.25) is 0 Å². The molecular weight excluding hydrogens is 497 g/mol. The van der Waals surface area contributed by atoms with Gasteiger partial charge in [0, 0.05) is 18.4 Å². The number of aromatic hydroxyl groups is 1. The van der Waals surface area contributed by atoms with Crippen molar-refractivity contribution in [2.75, 3.05) is 6.61 Å². The lowest BCUT2D eigenvalue weighted by Crippen LogP contribution is -2.33. The Labute approximate surface area is 214 Å². The van der Waals surface area contributed by atoms with Crippen LogP contribution >= 0.6 is 0 Å². The molecule has 0 unspecified atom stereocenters. The summed E-state index contributed by atoms with van der Waals surface area (Å²) in [7, 11) is -4.47. The highest BCUT2D eigenvalue weighted by Gasteiger charge is 2.31. The average Bonchev–Trinajstić information content (AvgIpc) is 2.89. The van der Waals surface area contributed by atoms with Crippen molar-refractivity contribution in [1.29, 1.82) is 0 Å². The van der Waals surface area contributed by atoms with Crippen molar-refractivity contribution in [2.24, 2.45) is 0 Å². The second-order valence-electron chi connectivity index (χ2n) is 8.25. The molecule has 2 aromatic carbocycles. The zero-order chi connectivity index (χ0) is 26.6. The van der Waals surface area contributed by atoms with Gasteiger partial charge in [0.1, 0.15) is 18.2 Å². The summed E-state index contributed by atoms with van der Waals surface area (Å²) in [6, 6.07) is 15.5. The molecule has 0 aliphatic carbocycles. The van der Waals surface area contributed by atoms with Gasteiger partial charge in [-0.15, -0.1) is 0 Å². The molecule has 2 aromatic heterocycles. The van der Waals surface area contributed by atoms with E-state index in [9.17, 15) is 22.7 Å². The van der Waals surface area contributed by atoms with E-state index in [1.165, 1.54) is 41.1 Å². The number of hydrogen-bond acceptors (Lipinski definition) is 7. The first kappa shape index (κ1) is 26.2. The van der Waals surface area contributed by atoms with Crippen LogP contribution in [-0.2, 0) is 21.2 Å². The Bertz CT molecular complexity index is 1560. The molecule has 10 heteroatoms. The summed E-state index contributed by atoms with van der Waals surface area (Å²) in [6.07, 6.45) is 2.98. The Morgan fingerprint density at radius 3 is 2.35 bits per heavy atom. The van der Waals surface area contributed by atoms with Gasteiger partial charge in [-0.1, -0.05) is 49.4 Å². The molecule has 37 heavy (non-hydrogen) atoms. The van der Waals surface area contributed by atoms with E-state index in [0.29, 0.717) is 24.2 Å². The van der Waals surface area contributed by atoms with E-state index in [4.69, 9.17) is 4.74 Å². The molecule has 0 saturated heterocycles. The zero-order valence-electron chi connectivity index (χ0n) is 20.3. The van der Waals surface area contributed by atoms with Gasteiger partial charge in [-0.3, -0.25) is 14.3 Å². The summed E-state index contributed by atoms with van der Waals surface area (Å²) in [5.41, 5.74) is 0.891. The van der Waals surface area contributed by atoms with Gasteiger partial charge >= 0.3 is 0 Å². The molecule has 1 atom stereocenters. The lowest BCUT2D eigenvalue weighted by atomic mass is 10.0. The number of rotatable bonds is 9. The Morgan fingerprint density at radius 2 is 1.73 bits per heavy atom. The highest BCUT2D eigenvalue weighted by molar-refractivity contribution is 7.91. The number of nitrogens with zero attached hydrogens (tertiary/aromatic N) is 3. The maximum absolute atomic E-state index is 13.8. The van der Waals surface area contributed by atoms with Gasteiger partial charge in [-0.05, 0) is 42.7 Å². The fourth-order valence-electron chi connectivity index (χ4n) is 4.16. The van der Waals surface area contributed by atoms with Gasteiger partial charge in [-0.25, -0.2) is 12.8 Å². The van der Waals surface area contributed by atoms with Crippen LogP contribution in [0.1, 0.15) is 37.7 Å².